The average Bonchev–Trinajstić information content (AvgIpc) is 3.27. The summed E-state index contributed by atoms with van der Waals surface area (Å²) in [6, 6.07) is 23.9. The van der Waals surface area contributed by atoms with E-state index in [1.807, 2.05) is 59.3 Å². The van der Waals surface area contributed by atoms with E-state index in [-0.39, 0.29) is 18.3 Å². The lowest BCUT2D eigenvalue weighted by atomic mass is 9.99. The molecule has 5 nitrogen and oxygen atoms in total. The van der Waals surface area contributed by atoms with Gasteiger partial charge >= 0.3 is 5.97 Å². The number of ether oxygens (including phenoxy) is 1. The van der Waals surface area contributed by atoms with Crippen LogP contribution in [0.1, 0.15) is 79.6 Å². The second-order valence-electron chi connectivity index (χ2n) is 10.3. The van der Waals surface area contributed by atoms with Crippen molar-refractivity contribution >= 4 is 22.7 Å². The molecule has 38 heavy (non-hydrogen) atoms. The highest BCUT2D eigenvalue weighted by molar-refractivity contribution is 6.16. The molecule has 4 aromatic rings. The van der Waals surface area contributed by atoms with E-state index in [0.717, 1.165) is 41.5 Å². The third-order valence-electron chi connectivity index (χ3n) is 6.76. The molecule has 0 aliphatic rings. The maximum absolute atomic E-state index is 13.5. The van der Waals surface area contributed by atoms with E-state index in [0.29, 0.717) is 30.0 Å². The fourth-order valence-corrected chi connectivity index (χ4v) is 4.91. The molecule has 0 fully saturated rings. The molecular weight excluding hydrogens is 474 g/mol. The Balaban J connectivity index is 1.50. The van der Waals surface area contributed by atoms with E-state index < -0.39 is 5.97 Å². The number of rotatable bonds is 13. The number of ketones is 1. The van der Waals surface area contributed by atoms with Crippen LogP contribution in [0.25, 0.3) is 10.9 Å². The lowest BCUT2D eigenvalue weighted by molar-refractivity contribution is -0.137. The molecule has 1 atom stereocenters. The summed E-state index contributed by atoms with van der Waals surface area (Å²) in [5.74, 6) is 0.487. The predicted molar refractivity (Wildman–Crippen MR) is 152 cm³/mol. The summed E-state index contributed by atoms with van der Waals surface area (Å²) in [7, 11) is 0. The quantitative estimate of drug-likeness (QED) is 0.186. The van der Waals surface area contributed by atoms with Gasteiger partial charge < -0.3 is 14.4 Å². The summed E-state index contributed by atoms with van der Waals surface area (Å²) in [6.45, 7) is 7.16. The lowest BCUT2D eigenvalue weighted by Gasteiger charge is -2.20. The molecule has 1 aromatic heterocycles. The summed E-state index contributed by atoms with van der Waals surface area (Å²) in [4.78, 5) is 24.4. The Morgan fingerprint density at radius 2 is 1.66 bits per heavy atom. The fraction of sp³-hybridized carbons (Fsp3) is 0.333. The number of aromatic nitrogens is 1. The number of hydrogen-bond donors (Lipinski definition) is 1. The normalized spacial score (nSPS) is 12.1. The number of aryl methyl sites for hydroxylation is 1. The minimum absolute atomic E-state index is 0.0431. The van der Waals surface area contributed by atoms with Gasteiger partial charge in [0.25, 0.3) is 0 Å². The van der Waals surface area contributed by atoms with Crippen molar-refractivity contribution in [3.63, 3.8) is 0 Å². The van der Waals surface area contributed by atoms with Crippen LogP contribution in [0.3, 0.4) is 0 Å². The van der Waals surface area contributed by atoms with E-state index in [4.69, 9.17) is 9.84 Å². The van der Waals surface area contributed by atoms with Crippen molar-refractivity contribution in [1.29, 1.82) is 0 Å². The molecule has 0 saturated heterocycles. The Kier molecular flexibility index (Phi) is 9.01. The first kappa shape index (κ1) is 27.2. The van der Waals surface area contributed by atoms with E-state index in [9.17, 15) is 9.59 Å². The lowest BCUT2D eigenvalue weighted by Crippen LogP contribution is -2.08. The molecule has 0 aliphatic carbocycles. The van der Waals surface area contributed by atoms with Crippen LogP contribution in [0.15, 0.2) is 79.0 Å². The molecule has 1 heterocycles. The third kappa shape index (κ3) is 6.71. The molecule has 0 spiro atoms. The molecule has 0 bridgehead atoms. The monoisotopic (exact) mass is 511 g/mol. The molecule has 0 radical (unpaired) electrons. The van der Waals surface area contributed by atoms with Gasteiger partial charge in [0.15, 0.2) is 5.78 Å². The van der Waals surface area contributed by atoms with Crippen molar-refractivity contribution in [3.8, 4) is 5.75 Å². The van der Waals surface area contributed by atoms with Crippen molar-refractivity contribution in [3.05, 3.63) is 101 Å². The third-order valence-corrected chi connectivity index (χ3v) is 6.76. The van der Waals surface area contributed by atoms with Gasteiger partial charge in [0.05, 0.1) is 0 Å². The number of fused-ring (bicyclic) bond motifs is 1. The van der Waals surface area contributed by atoms with Crippen molar-refractivity contribution in [2.24, 2.45) is 5.92 Å². The zero-order valence-electron chi connectivity index (χ0n) is 22.5. The summed E-state index contributed by atoms with van der Waals surface area (Å²) < 4.78 is 8.35. The van der Waals surface area contributed by atoms with Gasteiger partial charge in [0, 0.05) is 41.2 Å². The predicted octanol–water partition coefficient (Wildman–Crippen LogP) is 7.86. The zero-order chi connectivity index (χ0) is 27.1. The summed E-state index contributed by atoms with van der Waals surface area (Å²) in [6.07, 6.45) is 5.39. The van der Waals surface area contributed by atoms with Gasteiger partial charge in [-0.15, -0.1) is 0 Å². The van der Waals surface area contributed by atoms with Crippen molar-refractivity contribution in [2.75, 3.05) is 0 Å². The number of para-hydroxylation sites is 1. The topological polar surface area (TPSA) is 68.5 Å². The molecule has 5 heteroatoms. The van der Waals surface area contributed by atoms with Gasteiger partial charge in [-0.3, -0.25) is 9.59 Å². The number of benzene rings is 3. The highest BCUT2D eigenvalue weighted by Crippen LogP contribution is 2.29. The molecule has 0 aliphatic heterocycles. The molecule has 1 N–H and O–H groups in total. The Bertz CT molecular complexity index is 1370. The van der Waals surface area contributed by atoms with Crippen molar-refractivity contribution < 1.29 is 19.4 Å². The van der Waals surface area contributed by atoms with Gasteiger partial charge in [-0.05, 0) is 66.6 Å². The van der Waals surface area contributed by atoms with Gasteiger partial charge in [-0.2, -0.15) is 0 Å². The number of nitrogens with zero attached hydrogens (tertiary/aromatic N) is 1. The molecule has 3 aromatic carbocycles. The van der Waals surface area contributed by atoms with Crippen LogP contribution >= 0.6 is 0 Å². The first-order chi connectivity index (χ1) is 18.4. The maximum Gasteiger partial charge on any atom is 0.303 e. The average molecular weight is 512 g/mol. The summed E-state index contributed by atoms with van der Waals surface area (Å²) >= 11 is 0. The SMILES string of the molecule is CCC[C@@H](Oc1ccc(C(=O)c2cn(CCCC(=O)O)c3ccccc23)cc1)c1ccc(CC(C)C)cc1. The van der Waals surface area contributed by atoms with Gasteiger partial charge in [-0.25, -0.2) is 0 Å². The minimum Gasteiger partial charge on any atom is -0.486 e. The number of carboxylic acids is 1. The molecule has 198 valence electrons. The van der Waals surface area contributed by atoms with Crippen LogP contribution < -0.4 is 4.74 Å². The smallest absolute Gasteiger partial charge is 0.303 e. The van der Waals surface area contributed by atoms with Crippen LogP contribution in [0, 0.1) is 5.92 Å². The maximum atomic E-state index is 13.5. The Morgan fingerprint density at radius 1 is 0.947 bits per heavy atom. The largest absolute Gasteiger partial charge is 0.486 e. The van der Waals surface area contributed by atoms with Crippen molar-refractivity contribution in [1.82, 2.24) is 4.57 Å². The van der Waals surface area contributed by atoms with Gasteiger partial charge in [-0.1, -0.05) is 69.7 Å². The van der Waals surface area contributed by atoms with Crippen molar-refractivity contribution in [2.45, 2.75) is 65.5 Å². The molecular formula is C33H37NO4. The number of carboxylic acid groups (broad SMARTS) is 1. The van der Waals surface area contributed by atoms with Gasteiger partial charge in [0.1, 0.15) is 11.9 Å². The standard InChI is InChI=1S/C33H37NO4/c1-4-8-31(25-14-12-24(13-15-25)21-23(2)3)38-27-18-16-26(17-19-27)33(37)29-22-34(20-7-11-32(35)36)30-10-6-5-9-28(29)30/h5-6,9-10,12-19,22-23,31H,4,7-8,11,20-21H2,1-3H3,(H,35,36)/t31-/m1/s1. The molecule has 0 amide bonds. The Labute approximate surface area is 225 Å². The van der Waals surface area contributed by atoms with Crippen LogP contribution in [0.5, 0.6) is 5.75 Å². The van der Waals surface area contributed by atoms with Crippen LogP contribution in [0.4, 0.5) is 0 Å². The highest BCUT2D eigenvalue weighted by Gasteiger charge is 2.18. The first-order valence-electron chi connectivity index (χ1n) is 13.6. The molecule has 0 saturated carbocycles. The van der Waals surface area contributed by atoms with Crippen LogP contribution in [-0.2, 0) is 17.8 Å². The van der Waals surface area contributed by atoms with E-state index in [1.54, 1.807) is 0 Å². The number of carbonyl (C=O) groups is 2. The Hall–Kier alpha value is -3.86. The van der Waals surface area contributed by atoms with Crippen LogP contribution in [0.2, 0.25) is 0 Å². The Morgan fingerprint density at radius 3 is 2.32 bits per heavy atom. The second-order valence-corrected chi connectivity index (χ2v) is 10.3. The van der Waals surface area contributed by atoms with Crippen LogP contribution in [-0.4, -0.2) is 21.4 Å². The summed E-state index contributed by atoms with van der Waals surface area (Å²) in [5, 5.41) is 9.86. The van der Waals surface area contributed by atoms with E-state index in [2.05, 4.69) is 45.0 Å². The summed E-state index contributed by atoms with van der Waals surface area (Å²) in [5.41, 5.74) is 4.65. The minimum atomic E-state index is -0.815. The molecule has 0 unspecified atom stereocenters. The first-order valence-corrected chi connectivity index (χ1v) is 13.6. The molecule has 4 rings (SSSR count). The number of aliphatic carboxylic acids is 1. The fourth-order valence-electron chi connectivity index (χ4n) is 4.91. The van der Waals surface area contributed by atoms with E-state index >= 15 is 0 Å². The number of carbonyl (C=O) groups excluding carboxylic acids is 1. The zero-order valence-corrected chi connectivity index (χ0v) is 22.5. The second kappa shape index (κ2) is 12.6. The number of hydrogen-bond acceptors (Lipinski definition) is 3. The highest BCUT2D eigenvalue weighted by atomic mass is 16.5. The van der Waals surface area contributed by atoms with Gasteiger partial charge in [0.2, 0.25) is 0 Å². The van der Waals surface area contributed by atoms with E-state index in [1.165, 1.54) is 5.56 Å².